The van der Waals surface area contributed by atoms with E-state index in [1.807, 2.05) is 6.07 Å². The highest BCUT2D eigenvalue weighted by molar-refractivity contribution is 6.46. The predicted octanol–water partition coefficient (Wildman–Crippen LogP) is 8.73. The fourth-order valence-corrected chi connectivity index (χ4v) is 5.33. The van der Waals surface area contributed by atoms with Crippen molar-refractivity contribution in [3.05, 3.63) is 77.1 Å². The quantitative estimate of drug-likeness (QED) is 0.0980. The summed E-state index contributed by atoms with van der Waals surface area (Å²) in [5.41, 5.74) is 1.17. The summed E-state index contributed by atoms with van der Waals surface area (Å²) in [6.45, 7) is 2.68. The van der Waals surface area contributed by atoms with Crippen LogP contribution < -0.4 is 0 Å². The van der Waals surface area contributed by atoms with Gasteiger partial charge in [-0.25, -0.2) is 4.39 Å². The molecule has 0 bridgehead atoms. The van der Waals surface area contributed by atoms with Crippen molar-refractivity contribution >= 4 is 17.4 Å². The second kappa shape index (κ2) is 16.1. The highest BCUT2D eigenvalue weighted by Gasteiger charge is 2.45. The molecule has 4 nitrogen and oxygen atoms in total. The van der Waals surface area contributed by atoms with Gasteiger partial charge in [-0.3, -0.25) is 9.59 Å². The van der Waals surface area contributed by atoms with Gasteiger partial charge in [0.25, 0.3) is 11.7 Å². The molecular formula is C33H44FNO3. The lowest BCUT2D eigenvalue weighted by molar-refractivity contribution is -0.139. The molecule has 1 amide bonds. The molecule has 5 heteroatoms. The molecule has 1 saturated heterocycles. The van der Waals surface area contributed by atoms with Gasteiger partial charge in [-0.05, 0) is 24.1 Å². The number of unbranched alkanes of at least 4 members (excludes halogenated alkanes) is 13. The molecule has 206 valence electrons. The molecule has 1 atom stereocenters. The molecule has 1 aliphatic heterocycles. The number of ketones is 1. The lowest BCUT2D eigenvalue weighted by atomic mass is 9.95. The molecule has 0 aromatic heterocycles. The molecule has 1 fully saturated rings. The third kappa shape index (κ3) is 8.54. The summed E-state index contributed by atoms with van der Waals surface area (Å²) in [6, 6.07) is 13.9. The van der Waals surface area contributed by atoms with E-state index in [1.165, 1.54) is 82.8 Å². The van der Waals surface area contributed by atoms with Crippen molar-refractivity contribution in [3.8, 4) is 0 Å². The largest absolute Gasteiger partial charge is 0.507 e. The molecule has 1 N–H and O–H groups in total. The van der Waals surface area contributed by atoms with Crippen molar-refractivity contribution in [3.63, 3.8) is 0 Å². The smallest absolute Gasteiger partial charge is 0.295 e. The van der Waals surface area contributed by atoms with Gasteiger partial charge in [0, 0.05) is 12.1 Å². The molecule has 0 spiro atoms. The molecule has 38 heavy (non-hydrogen) atoms. The molecule has 0 aliphatic carbocycles. The molecule has 0 saturated carbocycles. The number of aliphatic hydroxyl groups is 1. The topological polar surface area (TPSA) is 57.6 Å². The highest BCUT2D eigenvalue weighted by Crippen LogP contribution is 2.39. The van der Waals surface area contributed by atoms with Gasteiger partial charge in [-0.2, -0.15) is 0 Å². The highest BCUT2D eigenvalue weighted by atomic mass is 19.1. The van der Waals surface area contributed by atoms with E-state index in [0.717, 1.165) is 19.3 Å². The second-order valence-electron chi connectivity index (χ2n) is 10.5. The first-order chi connectivity index (χ1) is 18.5. The van der Waals surface area contributed by atoms with Gasteiger partial charge in [0.1, 0.15) is 11.6 Å². The van der Waals surface area contributed by atoms with E-state index in [2.05, 4.69) is 6.92 Å². The fraction of sp³-hybridized carbons (Fsp3) is 0.515. The maximum absolute atomic E-state index is 13.6. The van der Waals surface area contributed by atoms with Gasteiger partial charge in [-0.15, -0.1) is 0 Å². The molecular weight excluding hydrogens is 477 g/mol. The van der Waals surface area contributed by atoms with Crippen LogP contribution in [0.15, 0.2) is 60.2 Å². The number of benzene rings is 2. The van der Waals surface area contributed by atoms with Crippen molar-refractivity contribution in [1.29, 1.82) is 0 Å². The number of aliphatic hydroxyl groups excluding tert-OH is 1. The van der Waals surface area contributed by atoms with Gasteiger partial charge in [0.15, 0.2) is 0 Å². The summed E-state index contributed by atoms with van der Waals surface area (Å²) in [5, 5.41) is 11.0. The second-order valence-corrected chi connectivity index (χ2v) is 10.5. The summed E-state index contributed by atoms with van der Waals surface area (Å²) in [5.74, 6) is -1.87. The summed E-state index contributed by atoms with van der Waals surface area (Å²) < 4.78 is 13.6. The van der Waals surface area contributed by atoms with Crippen LogP contribution in [0.4, 0.5) is 4.39 Å². The van der Waals surface area contributed by atoms with Crippen LogP contribution >= 0.6 is 0 Å². The summed E-state index contributed by atoms with van der Waals surface area (Å²) in [7, 11) is 0. The lowest BCUT2D eigenvalue weighted by Gasteiger charge is -2.25. The number of nitrogens with zero attached hydrogens (tertiary/aromatic N) is 1. The fourth-order valence-electron chi connectivity index (χ4n) is 5.33. The average Bonchev–Trinajstić information content (AvgIpc) is 3.18. The maximum Gasteiger partial charge on any atom is 0.295 e. The van der Waals surface area contributed by atoms with Gasteiger partial charge >= 0.3 is 0 Å². The summed E-state index contributed by atoms with van der Waals surface area (Å²) >= 11 is 0. The third-order valence-electron chi connectivity index (χ3n) is 7.53. The maximum atomic E-state index is 13.6. The Morgan fingerprint density at radius 3 is 1.76 bits per heavy atom. The van der Waals surface area contributed by atoms with E-state index < -0.39 is 17.7 Å². The Kier molecular flexibility index (Phi) is 12.5. The number of amides is 1. The number of rotatable bonds is 17. The Balaban J connectivity index is 1.50. The van der Waals surface area contributed by atoms with Gasteiger partial charge < -0.3 is 10.0 Å². The minimum absolute atomic E-state index is 0.0678. The van der Waals surface area contributed by atoms with E-state index in [1.54, 1.807) is 41.3 Å². The Bertz CT molecular complexity index is 1030. The molecule has 1 heterocycles. The van der Waals surface area contributed by atoms with Crippen LogP contribution in [-0.4, -0.2) is 28.2 Å². The van der Waals surface area contributed by atoms with Gasteiger partial charge in [0.2, 0.25) is 0 Å². The lowest BCUT2D eigenvalue weighted by Crippen LogP contribution is -2.30. The minimum Gasteiger partial charge on any atom is -0.507 e. The van der Waals surface area contributed by atoms with E-state index >= 15 is 0 Å². The molecule has 1 aliphatic rings. The summed E-state index contributed by atoms with van der Waals surface area (Å²) in [4.78, 5) is 27.6. The van der Waals surface area contributed by atoms with Crippen LogP contribution in [0.3, 0.4) is 0 Å². The van der Waals surface area contributed by atoms with Crippen molar-refractivity contribution in [2.75, 3.05) is 6.54 Å². The van der Waals surface area contributed by atoms with Crippen LogP contribution in [0, 0.1) is 5.82 Å². The molecule has 2 aromatic carbocycles. The monoisotopic (exact) mass is 521 g/mol. The molecule has 3 rings (SSSR count). The van der Waals surface area contributed by atoms with Crippen LogP contribution in [0.1, 0.15) is 114 Å². The number of carbonyl (C=O) groups excluding carboxylic acids is 2. The first kappa shape index (κ1) is 29.6. The van der Waals surface area contributed by atoms with Crippen molar-refractivity contribution in [1.82, 2.24) is 4.90 Å². The Labute approximate surface area is 227 Å². The number of hydrogen-bond acceptors (Lipinski definition) is 3. The first-order valence-electron chi connectivity index (χ1n) is 14.6. The average molecular weight is 522 g/mol. The van der Waals surface area contributed by atoms with E-state index in [4.69, 9.17) is 0 Å². The Hall–Kier alpha value is -2.95. The SMILES string of the molecule is CCCCCCCCCCCCCCCCN1C(=O)C(=O)/C(=C(/O)c2ccccc2)C1c1ccc(F)cc1. The molecule has 0 radical (unpaired) electrons. The number of hydrogen-bond donors (Lipinski definition) is 1. The van der Waals surface area contributed by atoms with Gasteiger partial charge in [-0.1, -0.05) is 133 Å². The molecule has 2 aromatic rings. The third-order valence-corrected chi connectivity index (χ3v) is 7.53. The molecule has 1 unspecified atom stereocenters. The van der Waals surface area contributed by atoms with Crippen LogP contribution in [-0.2, 0) is 9.59 Å². The van der Waals surface area contributed by atoms with Crippen LogP contribution in [0.2, 0.25) is 0 Å². The van der Waals surface area contributed by atoms with Crippen LogP contribution in [0.25, 0.3) is 5.76 Å². The zero-order valence-corrected chi connectivity index (χ0v) is 23.0. The van der Waals surface area contributed by atoms with Crippen molar-refractivity contribution in [2.45, 2.75) is 103 Å². The van der Waals surface area contributed by atoms with Crippen molar-refractivity contribution < 1.29 is 19.1 Å². The number of carbonyl (C=O) groups is 2. The Morgan fingerprint density at radius 1 is 0.737 bits per heavy atom. The number of Topliss-reactive ketones (excluding diaryl/α,β-unsaturated/α-hetero) is 1. The van der Waals surface area contributed by atoms with Gasteiger partial charge in [0.05, 0.1) is 11.6 Å². The first-order valence-corrected chi connectivity index (χ1v) is 14.6. The standard InChI is InChI=1S/C33H44FNO3/c1-2-3-4-5-6-7-8-9-10-11-12-13-14-18-25-35-30(26-21-23-28(34)24-22-26)29(32(37)33(35)38)31(36)27-19-16-15-17-20-27/h15-17,19-24,30,36H,2-14,18,25H2,1H3/b31-29+. The summed E-state index contributed by atoms with van der Waals surface area (Å²) in [6.07, 6.45) is 17.4. The zero-order chi connectivity index (χ0) is 27.2. The minimum atomic E-state index is -0.724. The van der Waals surface area contributed by atoms with Crippen LogP contribution in [0.5, 0.6) is 0 Å². The Morgan fingerprint density at radius 2 is 1.24 bits per heavy atom. The van der Waals surface area contributed by atoms with E-state index in [-0.39, 0.29) is 17.1 Å². The van der Waals surface area contributed by atoms with Crippen molar-refractivity contribution in [2.24, 2.45) is 0 Å². The number of likely N-dealkylation sites (tertiary alicyclic amines) is 1. The number of halogens is 1. The zero-order valence-electron chi connectivity index (χ0n) is 23.0. The normalized spacial score (nSPS) is 16.9. The van der Waals surface area contributed by atoms with E-state index in [0.29, 0.717) is 17.7 Å². The predicted molar refractivity (Wildman–Crippen MR) is 152 cm³/mol. The van der Waals surface area contributed by atoms with E-state index in [9.17, 15) is 19.1 Å².